The van der Waals surface area contributed by atoms with Crippen molar-refractivity contribution in [2.24, 2.45) is 5.92 Å². The average molecular weight is 409 g/mol. The van der Waals surface area contributed by atoms with Crippen molar-refractivity contribution in [3.05, 3.63) is 71.8 Å². The van der Waals surface area contributed by atoms with Gasteiger partial charge in [-0.05, 0) is 24.0 Å². The molecule has 1 aliphatic rings. The highest BCUT2D eigenvalue weighted by atomic mass is 16.5. The molecule has 5 heteroatoms. The van der Waals surface area contributed by atoms with E-state index in [0.717, 1.165) is 18.4 Å². The summed E-state index contributed by atoms with van der Waals surface area (Å²) in [6.45, 7) is 3.82. The molecule has 0 spiro atoms. The van der Waals surface area contributed by atoms with Crippen molar-refractivity contribution in [1.29, 1.82) is 0 Å². The van der Waals surface area contributed by atoms with Crippen LogP contribution in [-0.4, -0.2) is 43.5 Å². The van der Waals surface area contributed by atoms with E-state index in [0.29, 0.717) is 19.6 Å². The minimum atomic E-state index is -0.297. The Morgan fingerprint density at radius 2 is 1.70 bits per heavy atom. The third-order valence-electron chi connectivity index (χ3n) is 6.07. The van der Waals surface area contributed by atoms with Gasteiger partial charge in [0.25, 0.3) is 0 Å². The summed E-state index contributed by atoms with van der Waals surface area (Å²) in [5.74, 6) is -0.565. The van der Waals surface area contributed by atoms with Crippen LogP contribution >= 0.6 is 0 Å². The normalized spacial score (nSPS) is 15.8. The molecule has 2 aromatic carbocycles. The van der Waals surface area contributed by atoms with Crippen LogP contribution < -0.4 is 5.32 Å². The second kappa shape index (κ2) is 10.4. The summed E-state index contributed by atoms with van der Waals surface area (Å²) in [7, 11) is 1.40. The first kappa shape index (κ1) is 22.0. The number of carbonyl (C=O) groups is 2. The van der Waals surface area contributed by atoms with Crippen LogP contribution in [0, 0.1) is 5.92 Å². The number of ether oxygens (including phenoxy) is 1. The lowest BCUT2D eigenvalue weighted by molar-refractivity contribution is -0.145. The first-order valence-electron chi connectivity index (χ1n) is 10.7. The van der Waals surface area contributed by atoms with Crippen molar-refractivity contribution >= 4 is 11.9 Å². The smallest absolute Gasteiger partial charge is 0.309 e. The summed E-state index contributed by atoms with van der Waals surface area (Å²) >= 11 is 0. The van der Waals surface area contributed by atoms with Gasteiger partial charge in [-0.2, -0.15) is 0 Å². The zero-order chi connectivity index (χ0) is 21.4. The fraction of sp³-hybridized carbons (Fsp3) is 0.440. The summed E-state index contributed by atoms with van der Waals surface area (Å²) < 4.78 is 4.87. The summed E-state index contributed by atoms with van der Waals surface area (Å²) in [5.41, 5.74) is 2.47. The first-order chi connectivity index (χ1) is 14.5. The Hall–Kier alpha value is -2.66. The lowest BCUT2D eigenvalue weighted by Gasteiger charge is -2.42. The van der Waals surface area contributed by atoms with Crippen molar-refractivity contribution < 1.29 is 14.3 Å². The number of hydrogen-bond acceptors (Lipinski definition) is 4. The van der Waals surface area contributed by atoms with E-state index in [1.165, 1.54) is 19.1 Å². The third kappa shape index (κ3) is 5.70. The fourth-order valence-electron chi connectivity index (χ4n) is 4.18. The van der Waals surface area contributed by atoms with Crippen LogP contribution in [0.3, 0.4) is 0 Å². The average Bonchev–Trinajstić information content (AvgIpc) is 2.73. The zero-order valence-corrected chi connectivity index (χ0v) is 18.0. The molecule has 5 nitrogen and oxygen atoms in total. The third-order valence-corrected chi connectivity index (χ3v) is 6.07. The molecule has 0 aliphatic heterocycles. The maximum Gasteiger partial charge on any atom is 0.309 e. The van der Waals surface area contributed by atoms with E-state index in [4.69, 9.17) is 4.74 Å². The highest BCUT2D eigenvalue weighted by molar-refractivity contribution is 5.78. The summed E-state index contributed by atoms with van der Waals surface area (Å²) in [6, 6.07) is 20.5. The van der Waals surface area contributed by atoms with Gasteiger partial charge < -0.3 is 10.1 Å². The van der Waals surface area contributed by atoms with Crippen LogP contribution in [0.1, 0.15) is 37.3 Å². The predicted molar refractivity (Wildman–Crippen MR) is 118 cm³/mol. The number of rotatable bonds is 10. The Labute approximate surface area is 179 Å². The number of methoxy groups -OCH3 is 1. The molecule has 160 valence electrons. The molecule has 2 aromatic rings. The van der Waals surface area contributed by atoms with Crippen LogP contribution in [0.15, 0.2) is 60.7 Å². The highest BCUT2D eigenvalue weighted by Gasteiger charge is 2.38. The van der Waals surface area contributed by atoms with Gasteiger partial charge in [-0.3, -0.25) is 14.5 Å². The van der Waals surface area contributed by atoms with E-state index in [1.807, 2.05) is 48.2 Å². The number of benzene rings is 2. The Bertz CT molecular complexity index is 819. The molecule has 1 N–H and O–H groups in total. The van der Waals surface area contributed by atoms with Gasteiger partial charge in [0.15, 0.2) is 0 Å². The molecule has 1 atom stereocenters. The molecule has 0 radical (unpaired) electrons. The molecule has 1 amide bonds. The van der Waals surface area contributed by atoms with Crippen LogP contribution in [0.4, 0.5) is 0 Å². The number of nitrogens with one attached hydrogen (secondary N) is 1. The topological polar surface area (TPSA) is 58.6 Å². The van der Waals surface area contributed by atoms with E-state index >= 15 is 0 Å². The predicted octanol–water partition coefficient (Wildman–Crippen LogP) is 3.54. The zero-order valence-electron chi connectivity index (χ0n) is 18.0. The molecule has 3 rings (SSSR count). The molecule has 0 heterocycles. The monoisotopic (exact) mass is 408 g/mol. The molecule has 1 fully saturated rings. The quantitative estimate of drug-likeness (QED) is 0.611. The Morgan fingerprint density at radius 1 is 1.07 bits per heavy atom. The molecule has 1 saturated carbocycles. The van der Waals surface area contributed by atoms with Gasteiger partial charge in [0.1, 0.15) is 0 Å². The number of esters is 1. The van der Waals surface area contributed by atoms with Crippen molar-refractivity contribution in [3.8, 4) is 0 Å². The van der Waals surface area contributed by atoms with Crippen molar-refractivity contribution in [1.82, 2.24) is 10.2 Å². The molecule has 30 heavy (non-hydrogen) atoms. The van der Waals surface area contributed by atoms with Gasteiger partial charge in [0, 0.05) is 25.0 Å². The highest BCUT2D eigenvalue weighted by Crippen LogP contribution is 2.43. The lowest BCUT2D eigenvalue weighted by atomic mass is 9.64. The Balaban J connectivity index is 1.61. The SMILES string of the molecule is COC(=O)C(C)CN(CC(=O)NCC1(c2ccccc2)CCC1)Cc1ccccc1. The van der Waals surface area contributed by atoms with Crippen molar-refractivity contribution in [2.75, 3.05) is 26.7 Å². The largest absolute Gasteiger partial charge is 0.469 e. The van der Waals surface area contributed by atoms with E-state index in [-0.39, 0.29) is 29.8 Å². The Kier molecular flexibility index (Phi) is 7.63. The molecular formula is C25H32N2O3. The molecule has 0 saturated heterocycles. The molecule has 1 aliphatic carbocycles. The van der Waals surface area contributed by atoms with Crippen molar-refractivity contribution in [3.63, 3.8) is 0 Å². The number of amides is 1. The van der Waals surface area contributed by atoms with Gasteiger partial charge >= 0.3 is 5.97 Å². The van der Waals surface area contributed by atoms with Crippen molar-refractivity contribution in [2.45, 2.75) is 38.1 Å². The lowest BCUT2D eigenvalue weighted by Crippen LogP contribution is -2.48. The fourth-order valence-corrected chi connectivity index (χ4v) is 4.18. The molecular weight excluding hydrogens is 376 g/mol. The summed E-state index contributed by atoms with van der Waals surface area (Å²) in [6.07, 6.45) is 3.40. The van der Waals surface area contributed by atoms with E-state index in [2.05, 4.69) is 29.6 Å². The standard InChI is InChI=1S/C25H32N2O3/c1-20(24(29)30-2)16-27(17-21-10-5-3-6-11-21)18-23(28)26-19-25(14-9-15-25)22-12-7-4-8-13-22/h3-8,10-13,20H,9,14-19H2,1-2H3,(H,26,28). The minimum Gasteiger partial charge on any atom is -0.469 e. The maximum atomic E-state index is 12.8. The second-order valence-corrected chi connectivity index (χ2v) is 8.36. The van der Waals surface area contributed by atoms with E-state index < -0.39 is 0 Å². The van der Waals surface area contributed by atoms with Crippen LogP contribution in [0.2, 0.25) is 0 Å². The van der Waals surface area contributed by atoms with E-state index in [1.54, 1.807) is 0 Å². The molecule has 0 aromatic heterocycles. The van der Waals surface area contributed by atoms with Crippen LogP contribution in [0.25, 0.3) is 0 Å². The van der Waals surface area contributed by atoms with Gasteiger partial charge in [-0.15, -0.1) is 0 Å². The number of hydrogen-bond donors (Lipinski definition) is 1. The Morgan fingerprint density at radius 3 is 2.27 bits per heavy atom. The first-order valence-corrected chi connectivity index (χ1v) is 10.7. The second-order valence-electron chi connectivity index (χ2n) is 8.36. The van der Waals surface area contributed by atoms with Gasteiger partial charge in [-0.25, -0.2) is 0 Å². The molecule has 1 unspecified atom stereocenters. The summed E-state index contributed by atoms with van der Waals surface area (Å²) in [5, 5.41) is 3.16. The number of carbonyl (C=O) groups excluding carboxylic acids is 2. The maximum absolute atomic E-state index is 12.8. The number of nitrogens with zero attached hydrogens (tertiary/aromatic N) is 1. The van der Waals surface area contributed by atoms with Gasteiger partial charge in [0.05, 0.1) is 19.6 Å². The minimum absolute atomic E-state index is 0.00907. The summed E-state index contributed by atoms with van der Waals surface area (Å²) in [4.78, 5) is 26.7. The van der Waals surface area contributed by atoms with Gasteiger partial charge in [-0.1, -0.05) is 74.0 Å². The van der Waals surface area contributed by atoms with E-state index in [9.17, 15) is 9.59 Å². The molecule has 0 bridgehead atoms. The van der Waals surface area contributed by atoms with Crippen LogP contribution in [0.5, 0.6) is 0 Å². The van der Waals surface area contributed by atoms with Crippen LogP contribution in [-0.2, 0) is 26.3 Å². The van der Waals surface area contributed by atoms with Gasteiger partial charge in [0.2, 0.25) is 5.91 Å².